The van der Waals surface area contributed by atoms with E-state index < -0.39 is 0 Å². The van der Waals surface area contributed by atoms with Crippen molar-refractivity contribution in [3.05, 3.63) is 76.3 Å². The molecule has 10 nitrogen and oxygen atoms in total. The fourth-order valence-electron chi connectivity index (χ4n) is 6.61. The van der Waals surface area contributed by atoms with Crippen LogP contribution in [0, 0.1) is 30.1 Å². The number of urea groups is 1. The third-order valence-corrected chi connectivity index (χ3v) is 10.3. The number of nitriles is 1. The van der Waals surface area contributed by atoms with E-state index in [0.717, 1.165) is 42.8 Å². The minimum atomic E-state index is -0.372. The molecule has 3 N–H and O–H groups in total. The number of likely N-dealkylation sites (tertiary alicyclic amines) is 1. The summed E-state index contributed by atoms with van der Waals surface area (Å²) in [6.07, 6.45) is 5.16. The summed E-state index contributed by atoms with van der Waals surface area (Å²) in [5.41, 5.74) is 2.59. The minimum absolute atomic E-state index is 0.0318. The van der Waals surface area contributed by atoms with Crippen molar-refractivity contribution in [2.75, 3.05) is 24.5 Å². The van der Waals surface area contributed by atoms with Gasteiger partial charge in [-0.3, -0.25) is 14.5 Å². The van der Waals surface area contributed by atoms with Gasteiger partial charge in [0.1, 0.15) is 23.1 Å². The number of benzene rings is 2. The zero-order valence-corrected chi connectivity index (χ0v) is 25.2. The Bertz CT molecular complexity index is 1610. The minimum Gasteiger partial charge on any atom is -0.457 e. The lowest BCUT2D eigenvalue weighted by Crippen LogP contribution is -2.62. The Balaban J connectivity index is 1.07. The van der Waals surface area contributed by atoms with E-state index in [-0.39, 0.29) is 46.8 Å². The Kier molecular flexibility index (Phi) is 7.56. The average molecular weight is 611 g/mol. The number of thioether (sulfide) groups is 1. The third-order valence-electron chi connectivity index (χ3n) is 8.94. The van der Waals surface area contributed by atoms with Gasteiger partial charge >= 0.3 is 6.03 Å². The molecule has 0 spiro atoms. The van der Waals surface area contributed by atoms with E-state index in [9.17, 15) is 19.6 Å². The molecule has 3 saturated heterocycles. The molecule has 7 rings (SSSR count). The van der Waals surface area contributed by atoms with Gasteiger partial charge in [0.15, 0.2) is 0 Å². The van der Waals surface area contributed by atoms with Crippen molar-refractivity contribution in [2.24, 2.45) is 11.8 Å². The first kappa shape index (κ1) is 28.5. The first-order valence-electron chi connectivity index (χ1n) is 15.2. The molecular formula is C33H34N6O4S. The highest BCUT2D eigenvalue weighted by atomic mass is 32.2. The summed E-state index contributed by atoms with van der Waals surface area (Å²) in [5.74, 6) is 1.21. The van der Waals surface area contributed by atoms with Crippen molar-refractivity contribution in [1.82, 2.24) is 20.9 Å². The summed E-state index contributed by atoms with van der Waals surface area (Å²) in [6.45, 7) is 3.58. The topological polar surface area (TPSA) is 127 Å². The number of allylic oxidation sites excluding steroid dienone is 1. The first-order chi connectivity index (χ1) is 21.4. The quantitative estimate of drug-likeness (QED) is 0.318. The van der Waals surface area contributed by atoms with Crippen molar-refractivity contribution in [1.29, 1.82) is 5.26 Å². The fourth-order valence-corrected chi connectivity index (χ4v) is 8.07. The van der Waals surface area contributed by atoms with E-state index in [1.54, 1.807) is 11.0 Å². The van der Waals surface area contributed by atoms with Gasteiger partial charge in [0, 0.05) is 36.4 Å². The molecule has 1 saturated carbocycles. The van der Waals surface area contributed by atoms with E-state index in [2.05, 4.69) is 16.0 Å². The van der Waals surface area contributed by atoms with Crippen LogP contribution in [0.25, 0.3) is 0 Å². The van der Waals surface area contributed by atoms with E-state index in [1.807, 2.05) is 66.4 Å². The number of aryl methyl sites for hydroxylation is 1. The standard InChI is InChI=1S/C33H34N6O4S/c1-19-15-24(43-23-5-3-2-4-6-23)9-10-25(19)39-26-11-13-35-31-27(26)28(37-33(39)42)29(44-31)32(41)38-14-12-22(18-38)36-30(40)21(17-34)16-20-7-8-20/h2-6,9-10,15-16,20,22,26-27,31,35H,7-8,11-14,18H2,1H3,(H,36,40)(H,37,42)/b21-16+/t22-,26?,27?,31?/m1/s1. The number of nitrogens with one attached hydrogen (secondary N) is 3. The molecule has 226 valence electrons. The molecule has 2 aromatic rings. The van der Waals surface area contributed by atoms with Gasteiger partial charge in [-0.15, -0.1) is 0 Å². The summed E-state index contributed by atoms with van der Waals surface area (Å²) in [6, 6.07) is 16.8. The third kappa shape index (κ3) is 5.44. The lowest BCUT2D eigenvalue weighted by Gasteiger charge is -2.46. The van der Waals surface area contributed by atoms with Crippen LogP contribution in [0.4, 0.5) is 10.5 Å². The van der Waals surface area contributed by atoms with Gasteiger partial charge in [-0.2, -0.15) is 5.26 Å². The van der Waals surface area contributed by atoms with Crippen LogP contribution < -0.4 is 25.6 Å². The highest BCUT2D eigenvalue weighted by molar-refractivity contribution is 8.04. The average Bonchev–Trinajstić information content (AvgIpc) is 3.60. The van der Waals surface area contributed by atoms with Gasteiger partial charge in [0.2, 0.25) is 0 Å². The zero-order chi connectivity index (χ0) is 30.4. The summed E-state index contributed by atoms with van der Waals surface area (Å²) >= 11 is 1.49. The van der Waals surface area contributed by atoms with Crippen LogP contribution in [0.3, 0.4) is 0 Å². The number of amides is 4. The maximum absolute atomic E-state index is 13.8. The second-order valence-electron chi connectivity index (χ2n) is 12.0. The van der Waals surface area contributed by atoms with E-state index in [4.69, 9.17) is 4.74 Å². The lowest BCUT2D eigenvalue weighted by molar-refractivity contribution is -0.125. The monoisotopic (exact) mass is 610 g/mol. The smallest absolute Gasteiger partial charge is 0.326 e. The summed E-state index contributed by atoms with van der Waals surface area (Å²) in [4.78, 5) is 44.4. The zero-order valence-electron chi connectivity index (χ0n) is 24.4. The van der Waals surface area contributed by atoms with Crippen molar-refractivity contribution in [3.63, 3.8) is 0 Å². The number of nitrogens with zero attached hydrogens (tertiary/aromatic N) is 3. The van der Waals surface area contributed by atoms with Crippen molar-refractivity contribution in [3.8, 4) is 17.6 Å². The molecule has 0 radical (unpaired) electrons. The number of anilines is 1. The van der Waals surface area contributed by atoms with Crippen LogP contribution in [0.5, 0.6) is 11.5 Å². The molecule has 2 aromatic carbocycles. The Hall–Kier alpha value is -4.27. The molecule has 1 aliphatic carbocycles. The van der Waals surface area contributed by atoms with Gasteiger partial charge < -0.3 is 25.6 Å². The second kappa shape index (κ2) is 11.7. The maximum atomic E-state index is 13.8. The molecule has 11 heteroatoms. The van der Waals surface area contributed by atoms with Crippen LogP contribution in [-0.4, -0.2) is 59.8 Å². The highest BCUT2D eigenvalue weighted by Gasteiger charge is 2.52. The van der Waals surface area contributed by atoms with Gasteiger partial charge in [0.25, 0.3) is 11.8 Å². The Morgan fingerprint density at radius 1 is 1.11 bits per heavy atom. The number of piperidine rings is 1. The molecule has 4 aliphatic heterocycles. The second-order valence-corrected chi connectivity index (χ2v) is 13.2. The Morgan fingerprint density at radius 2 is 1.93 bits per heavy atom. The molecular weight excluding hydrogens is 576 g/mol. The normalized spacial score (nSPS) is 26.2. The molecule has 4 amide bonds. The molecule has 4 fully saturated rings. The van der Waals surface area contributed by atoms with Crippen LogP contribution in [-0.2, 0) is 9.59 Å². The van der Waals surface area contributed by atoms with Gasteiger partial charge in [-0.1, -0.05) is 36.0 Å². The molecule has 0 aromatic heterocycles. The Morgan fingerprint density at radius 3 is 2.68 bits per heavy atom. The van der Waals surface area contributed by atoms with Crippen molar-refractivity contribution < 1.29 is 19.1 Å². The summed E-state index contributed by atoms with van der Waals surface area (Å²) in [5, 5.41) is 19.0. The predicted molar refractivity (Wildman–Crippen MR) is 167 cm³/mol. The van der Waals surface area contributed by atoms with Gasteiger partial charge in [-0.25, -0.2) is 4.79 Å². The molecule has 5 aliphatic rings. The summed E-state index contributed by atoms with van der Waals surface area (Å²) < 4.78 is 6.01. The fraction of sp³-hybridized carbons (Fsp3) is 0.394. The first-order valence-corrected chi connectivity index (χ1v) is 16.1. The molecule has 44 heavy (non-hydrogen) atoms. The molecule has 0 bridgehead atoms. The van der Waals surface area contributed by atoms with E-state index >= 15 is 0 Å². The number of hydrogen-bond acceptors (Lipinski definition) is 7. The molecule has 3 unspecified atom stereocenters. The summed E-state index contributed by atoms with van der Waals surface area (Å²) in [7, 11) is 0. The van der Waals surface area contributed by atoms with E-state index in [1.165, 1.54) is 11.8 Å². The van der Waals surface area contributed by atoms with Crippen LogP contribution in [0.1, 0.15) is 31.2 Å². The van der Waals surface area contributed by atoms with E-state index in [0.29, 0.717) is 41.8 Å². The van der Waals surface area contributed by atoms with Crippen LogP contribution in [0.2, 0.25) is 0 Å². The van der Waals surface area contributed by atoms with Gasteiger partial charge in [0.05, 0.1) is 16.3 Å². The number of rotatable bonds is 7. The van der Waals surface area contributed by atoms with Crippen LogP contribution >= 0.6 is 11.8 Å². The predicted octanol–water partition coefficient (Wildman–Crippen LogP) is 4.16. The Labute approximate surface area is 260 Å². The number of carbonyl (C=O) groups is 3. The highest BCUT2D eigenvalue weighted by Crippen LogP contribution is 2.49. The molecule has 4 atom stereocenters. The SMILES string of the molecule is Cc1cc(Oc2ccccc2)ccc1N1C(=O)NC2=C(C(=O)N3CC[C@@H](NC(=O)/C(C#N)=C/C4CC4)C3)SC3NCCC1C23. The number of para-hydroxylation sites is 1. The lowest BCUT2D eigenvalue weighted by atomic mass is 9.86. The van der Waals surface area contributed by atoms with Gasteiger partial charge in [-0.05, 0) is 81.0 Å². The number of hydrogen-bond donors (Lipinski definition) is 3. The number of ether oxygens (including phenoxy) is 1. The van der Waals surface area contributed by atoms with Crippen molar-refractivity contribution in [2.45, 2.75) is 50.1 Å². The number of carbonyl (C=O) groups excluding carboxylic acids is 3. The van der Waals surface area contributed by atoms with Crippen molar-refractivity contribution >= 4 is 35.3 Å². The molecule has 4 heterocycles. The van der Waals surface area contributed by atoms with Crippen LogP contribution in [0.15, 0.2) is 70.8 Å². The maximum Gasteiger partial charge on any atom is 0.326 e. The largest absolute Gasteiger partial charge is 0.457 e.